The summed E-state index contributed by atoms with van der Waals surface area (Å²) in [6, 6.07) is 0.211. The molecule has 1 rings (SSSR count). The van der Waals surface area contributed by atoms with Gasteiger partial charge in [-0.3, -0.25) is 4.79 Å². The molecule has 0 radical (unpaired) electrons. The summed E-state index contributed by atoms with van der Waals surface area (Å²) in [4.78, 5) is 12.7. The average Bonchev–Trinajstić information content (AvgIpc) is 2.05. The molecule has 0 spiro atoms. The minimum atomic E-state index is -0.687. The van der Waals surface area contributed by atoms with Gasteiger partial charge in [-0.05, 0) is 32.9 Å². The monoisotopic (exact) mass is 171 g/mol. The van der Waals surface area contributed by atoms with E-state index < -0.39 is 5.97 Å². The van der Waals surface area contributed by atoms with Crippen molar-refractivity contribution >= 4 is 5.97 Å². The van der Waals surface area contributed by atoms with Crippen molar-refractivity contribution in [3.8, 4) is 0 Å². The van der Waals surface area contributed by atoms with Crippen LogP contribution in [0.2, 0.25) is 0 Å². The number of carbonyl (C=O) groups is 1. The van der Waals surface area contributed by atoms with Crippen LogP contribution in [0, 0.1) is 0 Å². The summed E-state index contributed by atoms with van der Waals surface area (Å²) < 4.78 is 0. The molecule has 1 aliphatic rings. The van der Waals surface area contributed by atoms with Crippen molar-refractivity contribution < 1.29 is 9.90 Å². The standard InChI is InChI=1S/C9H17NO2/c1-8(7-9(11)12)10-5-3-2-4-6-10/h8H,2-7H2,1H3,(H,11,12)/t8-/m0/s1. The molecule has 0 aliphatic carbocycles. The number of aliphatic carboxylic acids is 1. The van der Waals surface area contributed by atoms with Crippen LogP contribution >= 0.6 is 0 Å². The summed E-state index contributed by atoms with van der Waals surface area (Å²) in [5, 5.41) is 8.59. The quantitative estimate of drug-likeness (QED) is 0.696. The Kier molecular flexibility index (Phi) is 3.53. The van der Waals surface area contributed by atoms with Gasteiger partial charge in [0.15, 0.2) is 0 Å². The average molecular weight is 171 g/mol. The van der Waals surface area contributed by atoms with Crippen molar-refractivity contribution in [2.75, 3.05) is 13.1 Å². The van der Waals surface area contributed by atoms with Crippen molar-refractivity contribution in [1.82, 2.24) is 4.90 Å². The minimum absolute atomic E-state index is 0.211. The summed E-state index contributed by atoms with van der Waals surface area (Å²) in [7, 11) is 0. The van der Waals surface area contributed by atoms with E-state index in [9.17, 15) is 4.79 Å². The first-order valence-corrected chi connectivity index (χ1v) is 4.66. The highest BCUT2D eigenvalue weighted by Crippen LogP contribution is 2.13. The molecule has 1 saturated heterocycles. The summed E-state index contributed by atoms with van der Waals surface area (Å²) in [5.41, 5.74) is 0. The molecule has 0 saturated carbocycles. The maximum Gasteiger partial charge on any atom is 0.304 e. The molecule has 0 bridgehead atoms. The second kappa shape index (κ2) is 4.45. The first kappa shape index (κ1) is 9.52. The highest BCUT2D eigenvalue weighted by atomic mass is 16.4. The molecule has 12 heavy (non-hydrogen) atoms. The van der Waals surface area contributed by atoms with E-state index in [0.29, 0.717) is 0 Å². The number of nitrogens with zero attached hydrogens (tertiary/aromatic N) is 1. The third-order valence-electron chi connectivity index (χ3n) is 2.48. The Balaban J connectivity index is 2.29. The maximum absolute atomic E-state index is 10.4. The fourth-order valence-electron chi connectivity index (χ4n) is 1.74. The molecule has 1 fully saturated rings. The summed E-state index contributed by atoms with van der Waals surface area (Å²) >= 11 is 0. The zero-order valence-electron chi connectivity index (χ0n) is 7.62. The van der Waals surface area contributed by atoms with Gasteiger partial charge in [0, 0.05) is 6.04 Å². The number of carboxylic acid groups (broad SMARTS) is 1. The molecule has 0 aromatic carbocycles. The fraction of sp³-hybridized carbons (Fsp3) is 0.889. The molecule has 1 N–H and O–H groups in total. The lowest BCUT2D eigenvalue weighted by atomic mass is 10.1. The van der Waals surface area contributed by atoms with Gasteiger partial charge in [-0.1, -0.05) is 6.42 Å². The van der Waals surface area contributed by atoms with Crippen LogP contribution in [-0.4, -0.2) is 35.1 Å². The van der Waals surface area contributed by atoms with Crippen LogP contribution in [0.15, 0.2) is 0 Å². The predicted molar refractivity (Wildman–Crippen MR) is 47.1 cm³/mol. The van der Waals surface area contributed by atoms with Crippen molar-refractivity contribution in [3.63, 3.8) is 0 Å². The number of rotatable bonds is 3. The highest BCUT2D eigenvalue weighted by molar-refractivity contribution is 5.67. The van der Waals surface area contributed by atoms with Gasteiger partial charge in [0.1, 0.15) is 0 Å². The Labute approximate surface area is 73.4 Å². The van der Waals surface area contributed by atoms with E-state index in [0.717, 1.165) is 13.1 Å². The Morgan fingerprint density at radius 2 is 2.00 bits per heavy atom. The molecule has 1 heterocycles. The van der Waals surface area contributed by atoms with Crippen molar-refractivity contribution in [3.05, 3.63) is 0 Å². The van der Waals surface area contributed by atoms with E-state index in [2.05, 4.69) is 4.90 Å². The summed E-state index contributed by atoms with van der Waals surface area (Å²) in [5.74, 6) is -0.687. The Morgan fingerprint density at radius 1 is 1.42 bits per heavy atom. The molecule has 1 aliphatic heterocycles. The van der Waals surface area contributed by atoms with Crippen LogP contribution in [0.25, 0.3) is 0 Å². The Morgan fingerprint density at radius 3 is 2.50 bits per heavy atom. The molecule has 0 unspecified atom stereocenters. The predicted octanol–water partition coefficient (Wildman–Crippen LogP) is 1.34. The lowest BCUT2D eigenvalue weighted by Crippen LogP contribution is -2.38. The van der Waals surface area contributed by atoms with Crippen LogP contribution in [0.4, 0.5) is 0 Å². The second-order valence-electron chi connectivity index (χ2n) is 3.54. The van der Waals surface area contributed by atoms with E-state index >= 15 is 0 Å². The molecule has 0 aromatic heterocycles. The third kappa shape index (κ3) is 2.81. The van der Waals surface area contributed by atoms with E-state index in [1.165, 1.54) is 19.3 Å². The maximum atomic E-state index is 10.4. The molecule has 3 heteroatoms. The Hall–Kier alpha value is -0.570. The minimum Gasteiger partial charge on any atom is -0.481 e. The second-order valence-corrected chi connectivity index (χ2v) is 3.54. The smallest absolute Gasteiger partial charge is 0.304 e. The summed E-state index contributed by atoms with van der Waals surface area (Å²) in [6.07, 6.45) is 4.03. The van der Waals surface area contributed by atoms with Crippen LogP contribution in [-0.2, 0) is 4.79 Å². The third-order valence-corrected chi connectivity index (χ3v) is 2.48. The fourth-order valence-corrected chi connectivity index (χ4v) is 1.74. The van der Waals surface area contributed by atoms with E-state index in [-0.39, 0.29) is 12.5 Å². The molecule has 0 amide bonds. The van der Waals surface area contributed by atoms with Crippen LogP contribution in [0.5, 0.6) is 0 Å². The SMILES string of the molecule is C[C@@H](CC(=O)O)N1CCCCC1. The van der Waals surface area contributed by atoms with Gasteiger partial charge >= 0.3 is 5.97 Å². The zero-order chi connectivity index (χ0) is 8.97. The van der Waals surface area contributed by atoms with E-state index in [1.54, 1.807) is 0 Å². The van der Waals surface area contributed by atoms with Crippen LogP contribution < -0.4 is 0 Å². The topological polar surface area (TPSA) is 40.5 Å². The van der Waals surface area contributed by atoms with E-state index in [1.807, 2.05) is 6.92 Å². The first-order chi connectivity index (χ1) is 5.70. The number of piperidine rings is 1. The van der Waals surface area contributed by atoms with Gasteiger partial charge in [0.05, 0.1) is 6.42 Å². The lowest BCUT2D eigenvalue weighted by Gasteiger charge is -2.31. The van der Waals surface area contributed by atoms with Gasteiger partial charge in [0.2, 0.25) is 0 Å². The molecular weight excluding hydrogens is 154 g/mol. The van der Waals surface area contributed by atoms with Crippen molar-refractivity contribution in [1.29, 1.82) is 0 Å². The molecule has 1 atom stereocenters. The van der Waals surface area contributed by atoms with Crippen molar-refractivity contribution in [2.24, 2.45) is 0 Å². The van der Waals surface area contributed by atoms with Gasteiger partial charge < -0.3 is 10.0 Å². The highest BCUT2D eigenvalue weighted by Gasteiger charge is 2.18. The number of likely N-dealkylation sites (tertiary alicyclic amines) is 1. The first-order valence-electron chi connectivity index (χ1n) is 4.66. The van der Waals surface area contributed by atoms with Gasteiger partial charge in [0.25, 0.3) is 0 Å². The van der Waals surface area contributed by atoms with Gasteiger partial charge in [-0.15, -0.1) is 0 Å². The van der Waals surface area contributed by atoms with Crippen molar-refractivity contribution in [2.45, 2.75) is 38.6 Å². The summed E-state index contributed by atoms with van der Waals surface area (Å²) in [6.45, 7) is 4.16. The van der Waals surface area contributed by atoms with E-state index in [4.69, 9.17) is 5.11 Å². The van der Waals surface area contributed by atoms with Gasteiger partial charge in [-0.2, -0.15) is 0 Å². The molecule has 0 aromatic rings. The lowest BCUT2D eigenvalue weighted by molar-refractivity contribution is -0.138. The van der Waals surface area contributed by atoms with Crippen LogP contribution in [0.1, 0.15) is 32.6 Å². The largest absolute Gasteiger partial charge is 0.481 e. The van der Waals surface area contributed by atoms with Gasteiger partial charge in [-0.25, -0.2) is 0 Å². The molecular formula is C9H17NO2. The number of hydrogen-bond donors (Lipinski definition) is 1. The van der Waals surface area contributed by atoms with Crippen LogP contribution in [0.3, 0.4) is 0 Å². The number of hydrogen-bond acceptors (Lipinski definition) is 2. The zero-order valence-corrected chi connectivity index (χ0v) is 7.62. The number of carboxylic acids is 1. The molecule has 70 valence electrons. The molecule has 3 nitrogen and oxygen atoms in total. The Bertz CT molecular complexity index is 153. The normalized spacial score (nSPS) is 22.1.